The fourth-order valence-electron chi connectivity index (χ4n) is 0.314. The van der Waals surface area contributed by atoms with Gasteiger partial charge in [-0.25, -0.2) is 5.11 Å². The van der Waals surface area contributed by atoms with Gasteiger partial charge in [0.05, 0.1) is 0 Å². The van der Waals surface area contributed by atoms with Gasteiger partial charge in [0, 0.05) is 6.92 Å². The largest absolute Gasteiger partial charge is 0.355 e. The van der Waals surface area contributed by atoms with E-state index in [4.69, 9.17) is 0 Å². The van der Waals surface area contributed by atoms with Crippen molar-refractivity contribution in [3.05, 3.63) is 0 Å². The first kappa shape index (κ1) is 8.78. The lowest BCUT2D eigenvalue weighted by Gasteiger charge is -2.13. The predicted octanol–water partition coefficient (Wildman–Crippen LogP) is 1.78. The van der Waals surface area contributed by atoms with Gasteiger partial charge >= 0.3 is 6.11 Å². The van der Waals surface area contributed by atoms with Gasteiger partial charge in [-0.05, 0) is 6.42 Å². The highest BCUT2D eigenvalue weighted by Crippen LogP contribution is 2.16. The first-order valence-electron chi connectivity index (χ1n) is 2.67. The Balaban J connectivity index is 3.47. The van der Waals surface area contributed by atoms with Crippen molar-refractivity contribution in [1.29, 1.82) is 0 Å². The van der Waals surface area contributed by atoms with Crippen LogP contribution in [0.1, 0.15) is 20.3 Å². The fraction of sp³-hybridized carbons (Fsp3) is 1.00. The van der Waals surface area contributed by atoms with E-state index in [2.05, 4.69) is 4.74 Å². The van der Waals surface area contributed by atoms with Crippen LogP contribution in [0.5, 0.6) is 0 Å². The van der Waals surface area contributed by atoms with Crippen LogP contribution in [0, 0.1) is 0 Å². The molecule has 0 N–H and O–H groups in total. The van der Waals surface area contributed by atoms with E-state index < -0.39 is 12.4 Å². The van der Waals surface area contributed by atoms with E-state index in [9.17, 15) is 13.9 Å². The molecule has 2 nitrogen and oxygen atoms in total. The molecule has 0 saturated carbocycles. The van der Waals surface area contributed by atoms with Crippen LogP contribution < -0.4 is 0 Å². The minimum absolute atomic E-state index is 0.0590. The summed E-state index contributed by atoms with van der Waals surface area (Å²) in [5, 5.41) is 10.2. The molecule has 1 unspecified atom stereocenters. The first-order chi connectivity index (χ1) is 3.95. The van der Waals surface area contributed by atoms with Gasteiger partial charge in [-0.2, -0.15) is 8.78 Å². The molecular formula is C5H9F2O2. The molecule has 0 aromatic heterocycles. The minimum Gasteiger partial charge on any atom is -0.288 e. The summed E-state index contributed by atoms with van der Waals surface area (Å²) < 4.78 is 27.2. The van der Waals surface area contributed by atoms with E-state index in [0.29, 0.717) is 6.92 Å². The average molecular weight is 139 g/mol. The van der Waals surface area contributed by atoms with Gasteiger partial charge in [0.25, 0.3) is 0 Å². The Labute approximate surface area is 52.4 Å². The maximum atomic E-state index is 11.7. The Kier molecular flexibility index (Phi) is 3.00. The number of hydrogen-bond donors (Lipinski definition) is 0. The lowest BCUT2D eigenvalue weighted by Crippen LogP contribution is -2.22. The monoisotopic (exact) mass is 139 g/mol. The molecular weight excluding hydrogens is 130 g/mol. The number of halogens is 2. The zero-order chi connectivity index (χ0) is 7.49. The predicted molar refractivity (Wildman–Crippen MR) is 26.5 cm³/mol. The molecule has 55 valence electrons. The van der Waals surface area contributed by atoms with E-state index in [0.717, 1.165) is 0 Å². The van der Waals surface area contributed by atoms with Gasteiger partial charge in [0.1, 0.15) is 0 Å². The van der Waals surface area contributed by atoms with E-state index >= 15 is 0 Å². The summed E-state index contributed by atoms with van der Waals surface area (Å²) in [6.07, 6.45) is -4.84. The molecule has 1 radical (unpaired) electrons. The van der Waals surface area contributed by atoms with Crippen molar-refractivity contribution < 1.29 is 18.6 Å². The second kappa shape index (κ2) is 3.08. The quantitative estimate of drug-likeness (QED) is 0.548. The van der Waals surface area contributed by atoms with Crippen LogP contribution in [0.3, 0.4) is 0 Å². The van der Waals surface area contributed by atoms with Crippen molar-refractivity contribution in [3.8, 4) is 0 Å². The molecule has 0 aliphatic rings. The van der Waals surface area contributed by atoms with Gasteiger partial charge in [-0.3, -0.25) is 4.74 Å². The molecule has 0 aromatic rings. The van der Waals surface area contributed by atoms with Crippen molar-refractivity contribution in [2.24, 2.45) is 0 Å². The van der Waals surface area contributed by atoms with E-state index in [1.54, 1.807) is 0 Å². The second-order valence-electron chi connectivity index (χ2n) is 1.76. The van der Waals surface area contributed by atoms with Crippen molar-refractivity contribution in [1.82, 2.24) is 0 Å². The summed E-state index contributed by atoms with van der Waals surface area (Å²) in [5.41, 5.74) is 0. The number of ether oxygens (including phenoxy) is 1. The Morgan fingerprint density at radius 1 is 1.67 bits per heavy atom. The van der Waals surface area contributed by atoms with E-state index in [1.165, 1.54) is 6.92 Å². The van der Waals surface area contributed by atoms with E-state index in [1.807, 2.05) is 0 Å². The number of alkyl halides is 2. The van der Waals surface area contributed by atoms with Gasteiger partial charge in [0.2, 0.25) is 0 Å². The van der Waals surface area contributed by atoms with Gasteiger partial charge in [-0.15, -0.1) is 0 Å². The molecule has 0 fully saturated rings. The third-order valence-electron chi connectivity index (χ3n) is 0.672. The van der Waals surface area contributed by atoms with Crippen molar-refractivity contribution >= 4 is 0 Å². The highest BCUT2D eigenvalue weighted by molar-refractivity contribution is 4.41. The molecule has 0 saturated heterocycles. The van der Waals surface area contributed by atoms with Crippen LogP contribution in [0.2, 0.25) is 0 Å². The van der Waals surface area contributed by atoms with Crippen LogP contribution in [0.4, 0.5) is 8.78 Å². The van der Waals surface area contributed by atoms with Crippen LogP contribution >= 0.6 is 0 Å². The Morgan fingerprint density at radius 3 is 2.22 bits per heavy atom. The number of rotatable bonds is 3. The molecule has 0 spiro atoms. The third-order valence-corrected chi connectivity index (χ3v) is 0.672. The fourth-order valence-corrected chi connectivity index (χ4v) is 0.314. The zero-order valence-corrected chi connectivity index (χ0v) is 5.36. The second-order valence-corrected chi connectivity index (χ2v) is 1.76. The van der Waals surface area contributed by atoms with Crippen LogP contribution in [0.25, 0.3) is 0 Å². The molecule has 9 heavy (non-hydrogen) atoms. The summed E-state index contributed by atoms with van der Waals surface area (Å²) in [7, 11) is 0. The van der Waals surface area contributed by atoms with Gasteiger partial charge in [-0.1, -0.05) is 6.92 Å². The Hall–Kier alpha value is -0.220. The maximum Gasteiger partial charge on any atom is 0.355 e. The first-order valence-corrected chi connectivity index (χ1v) is 2.67. The molecule has 0 aliphatic carbocycles. The molecule has 4 heteroatoms. The molecule has 1 atom stereocenters. The molecule has 0 rings (SSSR count). The summed E-state index contributed by atoms with van der Waals surface area (Å²) in [6.45, 7) is 2.04. The lowest BCUT2D eigenvalue weighted by atomic mass is 10.5. The smallest absolute Gasteiger partial charge is 0.288 e. The SMILES string of the molecule is CCC([O])OC(C)(F)F. The molecule has 0 aromatic carbocycles. The molecule has 0 aliphatic heterocycles. The standard InChI is InChI=1S/C5H9F2O2/c1-3-4(8)9-5(2,6)7/h4H,3H2,1-2H3. The van der Waals surface area contributed by atoms with Gasteiger partial charge in [0.15, 0.2) is 6.29 Å². The third kappa shape index (κ3) is 5.65. The summed E-state index contributed by atoms with van der Waals surface area (Å²) in [5.74, 6) is 0. The number of hydrogen-bond acceptors (Lipinski definition) is 1. The summed E-state index contributed by atoms with van der Waals surface area (Å²) >= 11 is 0. The van der Waals surface area contributed by atoms with Gasteiger partial charge < -0.3 is 0 Å². The van der Waals surface area contributed by atoms with Crippen LogP contribution in [-0.4, -0.2) is 12.4 Å². The average Bonchev–Trinajstić information content (AvgIpc) is 1.62. The Bertz CT molecular complexity index is 79.5. The summed E-state index contributed by atoms with van der Waals surface area (Å²) in [4.78, 5) is 0. The highest BCUT2D eigenvalue weighted by Gasteiger charge is 2.25. The minimum atomic E-state index is -3.29. The molecule has 0 amide bonds. The summed E-state index contributed by atoms with van der Waals surface area (Å²) in [6, 6.07) is 0. The highest BCUT2D eigenvalue weighted by atomic mass is 19.3. The van der Waals surface area contributed by atoms with Crippen molar-refractivity contribution in [2.45, 2.75) is 32.7 Å². The van der Waals surface area contributed by atoms with Crippen molar-refractivity contribution in [2.75, 3.05) is 0 Å². The molecule has 0 heterocycles. The normalized spacial score (nSPS) is 15.7. The topological polar surface area (TPSA) is 29.1 Å². The molecule has 0 bridgehead atoms. The van der Waals surface area contributed by atoms with Crippen LogP contribution in [-0.2, 0) is 9.84 Å². The van der Waals surface area contributed by atoms with Crippen molar-refractivity contribution in [3.63, 3.8) is 0 Å². The van der Waals surface area contributed by atoms with E-state index in [-0.39, 0.29) is 6.42 Å². The maximum absolute atomic E-state index is 11.7. The van der Waals surface area contributed by atoms with Crippen LogP contribution in [0.15, 0.2) is 0 Å². The zero-order valence-electron chi connectivity index (χ0n) is 5.36. The Morgan fingerprint density at radius 2 is 2.11 bits per heavy atom. The lowest BCUT2D eigenvalue weighted by molar-refractivity contribution is -0.309.